The molecule has 0 atom stereocenters. The van der Waals surface area contributed by atoms with Crippen LogP contribution in [0.4, 0.5) is 15.3 Å². The van der Waals surface area contributed by atoms with E-state index in [1.165, 1.54) is 7.11 Å². The maximum atomic E-state index is 13.9. The van der Waals surface area contributed by atoms with Crippen molar-refractivity contribution >= 4 is 34.8 Å². The normalized spacial score (nSPS) is 19.6. The number of carboxylic acids is 1. The molecule has 0 radical (unpaired) electrons. The fraction of sp³-hybridized carbons (Fsp3) is 0.407. The van der Waals surface area contributed by atoms with E-state index in [-0.39, 0.29) is 24.0 Å². The molecule has 0 spiro atoms. The smallest absolute Gasteiger partial charge is 0.409 e. The summed E-state index contributed by atoms with van der Waals surface area (Å²) >= 11 is 0. The van der Waals surface area contributed by atoms with Gasteiger partial charge in [-0.2, -0.15) is 0 Å². The average Bonchev–Trinajstić information content (AvgIpc) is 3.32. The Bertz CT molecular complexity index is 1310. The Balaban J connectivity index is 1.60. The van der Waals surface area contributed by atoms with Gasteiger partial charge < -0.3 is 14.7 Å². The van der Waals surface area contributed by atoms with Crippen LogP contribution in [0.2, 0.25) is 0 Å². The van der Waals surface area contributed by atoms with Gasteiger partial charge >= 0.3 is 18.1 Å². The third-order valence-electron chi connectivity index (χ3n) is 7.55. The van der Waals surface area contributed by atoms with E-state index in [0.717, 1.165) is 16.8 Å². The minimum atomic E-state index is -0.765. The molecule has 0 unspecified atom stereocenters. The number of imidazole rings is 1. The maximum Gasteiger partial charge on any atom is 0.409 e. The van der Waals surface area contributed by atoms with Gasteiger partial charge in [0.2, 0.25) is 0 Å². The predicted octanol–water partition coefficient (Wildman–Crippen LogP) is 4.62. The molecule has 9 heteroatoms. The number of methoxy groups -OCH3 is 1. The minimum Gasteiger partial charge on any atom is -0.481 e. The van der Waals surface area contributed by atoms with Crippen LogP contribution in [0, 0.1) is 5.92 Å². The van der Waals surface area contributed by atoms with E-state index in [1.54, 1.807) is 21.4 Å². The zero-order valence-corrected chi connectivity index (χ0v) is 20.5. The fourth-order valence-electron chi connectivity index (χ4n) is 5.47. The summed E-state index contributed by atoms with van der Waals surface area (Å²) in [5.41, 5.74) is 4.21. The van der Waals surface area contributed by atoms with Gasteiger partial charge in [0.25, 0.3) is 0 Å². The van der Waals surface area contributed by atoms with Gasteiger partial charge in [0.05, 0.1) is 30.6 Å². The molecule has 1 aliphatic carbocycles. The largest absolute Gasteiger partial charge is 0.481 e. The number of rotatable bonds is 3. The van der Waals surface area contributed by atoms with Gasteiger partial charge in [-0.3, -0.25) is 9.69 Å². The zero-order chi connectivity index (χ0) is 25.4. The molecule has 0 bridgehead atoms. The summed E-state index contributed by atoms with van der Waals surface area (Å²) in [6, 6.07) is 13.2. The number of aromatic nitrogens is 2. The van der Waals surface area contributed by atoms with Crippen molar-refractivity contribution in [3.05, 3.63) is 59.4 Å². The Kier molecular flexibility index (Phi) is 6.38. The molecule has 188 valence electrons. The van der Waals surface area contributed by atoms with Crippen LogP contribution < -0.4 is 4.90 Å². The van der Waals surface area contributed by atoms with Gasteiger partial charge in [-0.05, 0) is 55.9 Å². The highest BCUT2D eigenvalue weighted by molar-refractivity contribution is 6.00. The number of benzene rings is 2. The zero-order valence-electron chi connectivity index (χ0n) is 20.5. The molecule has 1 aliphatic heterocycles. The van der Waals surface area contributed by atoms with E-state index in [1.807, 2.05) is 42.5 Å². The lowest BCUT2D eigenvalue weighted by Gasteiger charge is -2.27. The van der Waals surface area contributed by atoms with Crippen molar-refractivity contribution in [2.75, 3.05) is 25.6 Å². The number of amides is 2. The Hall–Kier alpha value is -3.88. The van der Waals surface area contributed by atoms with Crippen LogP contribution in [0.5, 0.6) is 0 Å². The third-order valence-corrected chi connectivity index (χ3v) is 7.55. The van der Waals surface area contributed by atoms with Crippen LogP contribution >= 0.6 is 0 Å². The molecule has 1 aromatic heterocycles. The van der Waals surface area contributed by atoms with Crippen LogP contribution in [0.25, 0.3) is 11.0 Å². The summed E-state index contributed by atoms with van der Waals surface area (Å²) in [4.78, 5) is 45.9. The first-order valence-electron chi connectivity index (χ1n) is 12.3. The van der Waals surface area contributed by atoms with Crippen molar-refractivity contribution in [3.8, 4) is 0 Å². The van der Waals surface area contributed by atoms with E-state index in [4.69, 9.17) is 9.72 Å². The molecule has 1 fully saturated rings. The molecule has 3 aromatic rings. The summed E-state index contributed by atoms with van der Waals surface area (Å²) < 4.78 is 6.63. The summed E-state index contributed by atoms with van der Waals surface area (Å²) in [5, 5.41) is 9.45. The number of aliphatic carboxylic acids is 1. The standard InChI is InChI=1S/C27H30N4O5/c1-29(20-6-4-3-5-7-20)26(34)31-22-13-12-17-14-15-30(27(35)36-2)16-21(17)23(22)28-24(31)18-8-10-19(11-9-18)25(32)33/h3-7,12-13,18-19H,8-11,14-16H2,1-2H3,(H,32,33)/t18-,19-. The van der Waals surface area contributed by atoms with Crippen LogP contribution in [-0.4, -0.2) is 58.4 Å². The molecule has 1 saturated carbocycles. The summed E-state index contributed by atoms with van der Waals surface area (Å²) in [7, 11) is 3.11. The number of hydrogen-bond acceptors (Lipinski definition) is 5. The summed E-state index contributed by atoms with van der Waals surface area (Å²) in [6.07, 6.45) is 2.71. The van der Waals surface area contributed by atoms with Crippen molar-refractivity contribution in [1.82, 2.24) is 14.5 Å². The lowest BCUT2D eigenvalue weighted by Crippen LogP contribution is -2.36. The van der Waals surface area contributed by atoms with E-state index in [2.05, 4.69) is 0 Å². The SMILES string of the molecule is COC(=O)N1CCc2ccc3c(nc([C@H]4CC[C@H](C(=O)O)CC4)n3C(=O)N(C)c3ccccc3)c2C1. The van der Waals surface area contributed by atoms with Crippen molar-refractivity contribution in [2.45, 2.75) is 44.6 Å². The quantitative estimate of drug-likeness (QED) is 0.574. The topological polar surface area (TPSA) is 105 Å². The van der Waals surface area contributed by atoms with Crippen molar-refractivity contribution in [1.29, 1.82) is 0 Å². The van der Waals surface area contributed by atoms with E-state index >= 15 is 0 Å². The predicted molar refractivity (Wildman–Crippen MR) is 134 cm³/mol. The lowest BCUT2D eigenvalue weighted by molar-refractivity contribution is -0.142. The maximum absolute atomic E-state index is 13.9. The Morgan fingerprint density at radius 2 is 1.78 bits per heavy atom. The second kappa shape index (κ2) is 9.64. The van der Waals surface area contributed by atoms with Crippen LogP contribution in [0.1, 0.15) is 48.6 Å². The molecule has 2 aliphatic rings. The van der Waals surface area contributed by atoms with Gasteiger partial charge in [0.15, 0.2) is 0 Å². The summed E-state index contributed by atoms with van der Waals surface area (Å²) in [6.45, 7) is 0.928. The van der Waals surface area contributed by atoms with E-state index in [9.17, 15) is 19.5 Å². The van der Waals surface area contributed by atoms with Crippen molar-refractivity contribution in [2.24, 2.45) is 5.92 Å². The molecule has 0 saturated heterocycles. The molecule has 36 heavy (non-hydrogen) atoms. The second-order valence-electron chi connectivity index (χ2n) is 9.58. The Labute approximate surface area is 209 Å². The minimum absolute atomic E-state index is 0.0305. The number of carboxylic acid groups (broad SMARTS) is 1. The number of para-hydroxylation sites is 1. The monoisotopic (exact) mass is 490 g/mol. The third kappa shape index (κ3) is 4.19. The molecule has 1 N–H and O–H groups in total. The Morgan fingerprint density at radius 3 is 2.44 bits per heavy atom. The van der Waals surface area contributed by atoms with Gasteiger partial charge in [0.1, 0.15) is 5.82 Å². The molecule has 9 nitrogen and oxygen atoms in total. The number of fused-ring (bicyclic) bond motifs is 3. The molecule has 2 amide bonds. The van der Waals surface area contributed by atoms with Gasteiger partial charge in [-0.25, -0.2) is 19.1 Å². The number of hydrogen-bond donors (Lipinski definition) is 1. The first kappa shape index (κ1) is 23.8. The molecular formula is C27H30N4O5. The lowest BCUT2D eigenvalue weighted by atomic mass is 9.81. The van der Waals surface area contributed by atoms with Gasteiger partial charge in [-0.1, -0.05) is 24.3 Å². The first-order valence-corrected chi connectivity index (χ1v) is 12.3. The highest BCUT2D eigenvalue weighted by atomic mass is 16.5. The van der Waals surface area contributed by atoms with Crippen LogP contribution in [0.15, 0.2) is 42.5 Å². The molecule has 2 aromatic carbocycles. The van der Waals surface area contributed by atoms with Crippen LogP contribution in [0.3, 0.4) is 0 Å². The van der Waals surface area contributed by atoms with Crippen molar-refractivity contribution < 1.29 is 24.2 Å². The highest BCUT2D eigenvalue weighted by Gasteiger charge is 2.33. The van der Waals surface area contributed by atoms with Crippen molar-refractivity contribution in [3.63, 3.8) is 0 Å². The fourth-order valence-corrected chi connectivity index (χ4v) is 5.47. The number of ether oxygens (including phenoxy) is 1. The molecule has 5 rings (SSSR count). The highest BCUT2D eigenvalue weighted by Crippen LogP contribution is 2.38. The van der Waals surface area contributed by atoms with E-state index in [0.29, 0.717) is 62.1 Å². The van der Waals surface area contributed by atoms with E-state index < -0.39 is 5.97 Å². The second-order valence-corrected chi connectivity index (χ2v) is 9.58. The Morgan fingerprint density at radius 1 is 1.06 bits per heavy atom. The number of carbonyl (C=O) groups is 3. The first-order chi connectivity index (χ1) is 17.4. The number of anilines is 1. The molecular weight excluding hydrogens is 460 g/mol. The van der Waals surface area contributed by atoms with Gasteiger partial charge in [-0.15, -0.1) is 0 Å². The average molecular weight is 491 g/mol. The van der Waals surface area contributed by atoms with Crippen LogP contribution in [-0.2, 0) is 22.5 Å². The van der Waals surface area contributed by atoms with Gasteiger partial charge in [0, 0.05) is 30.8 Å². The molecule has 2 heterocycles. The summed E-state index contributed by atoms with van der Waals surface area (Å²) in [5.74, 6) is -0.496. The number of nitrogens with zero attached hydrogens (tertiary/aromatic N) is 4. The number of carbonyl (C=O) groups excluding carboxylic acids is 2.